The van der Waals surface area contributed by atoms with Crippen molar-refractivity contribution in [2.75, 3.05) is 0 Å². The van der Waals surface area contributed by atoms with Gasteiger partial charge in [0.05, 0.1) is 11.4 Å². The molecule has 3 nitrogen and oxygen atoms in total. The van der Waals surface area contributed by atoms with Crippen LogP contribution < -0.4 is 5.73 Å². The number of nitrogens with zero attached hydrogens (tertiary/aromatic N) is 1. The van der Waals surface area contributed by atoms with Gasteiger partial charge in [-0.15, -0.1) is 0 Å². The summed E-state index contributed by atoms with van der Waals surface area (Å²) >= 11 is 0. The fourth-order valence-corrected chi connectivity index (χ4v) is 2.95. The molecule has 2 aromatic carbocycles. The molecule has 3 rings (SSSR count). The molecule has 0 aliphatic carbocycles. The Bertz CT molecular complexity index is 821. The van der Waals surface area contributed by atoms with Crippen molar-refractivity contribution >= 4 is 16.8 Å². The summed E-state index contributed by atoms with van der Waals surface area (Å²) in [6, 6.07) is 18.0. The number of aromatic nitrogens is 1. The lowest BCUT2D eigenvalue weighted by Gasteiger charge is -2.17. The maximum atomic E-state index is 11.8. The zero-order chi connectivity index (χ0) is 15.5. The molecule has 1 aromatic heterocycles. The largest absolute Gasteiger partial charge is 0.369 e. The lowest BCUT2D eigenvalue weighted by atomic mass is 9.87. The number of fused-ring (bicyclic) bond motifs is 1. The Morgan fingerprint density at radius 1 is 1.05 bits per heavy atom. The summed E-state index contributed by atoms with van der Waals surface area (Å²) in [4.78, 5) is 16.2. The number of nitrogens with two attached hydrogens (primary N) is 1. The van der Waals surface area contributed by atoms with E-state index >= 15 is 0 Å². The first kappa shape index (κ1) is 14.3. The van der Waals surface area contributed by atoms with Crippen molar-refractivity contribution in [3.63, 3.8) is 0 Å². The minimum Gasteiger partial charge on any atom is -0.369 e. The number of carbonyl (C=O) groups is 1. The van der Waals surface area contributed by atoms with Crippen LogP contribution in [0.15, 0.2) is 60.8 Å². The van der Waals surface area contributed by atoms with Gasteiger partial charge in [-0.25, -0.2) is 0 Å². The van der Waals surface area contributed by atoms with E-state index in [1.165, 1.54) is 0 Å². The van der Waals surface area contributed by atoms with Crippen LogP contribution in [0.3, 0.4) is 0 Å². The Kier molecular flexibility index (Phi) is 3.88. The van der Waals surface area contributed by atoms with Crippen molar-refractivity contribution in [1.29, 1.82) is 0 Å². The number of benzene rings is 2. The molecular formula is C19H18N2O. The Morgan fingerprint density at radius 3 is 2.55 bits per heavy atom. The van der Waals surface area contributed by atoms with Gasteiger partial charge in [0, 0.05) is 11.6 Å². The summed E-state index contributed by atoms with van der Waals surface area (Å²) in [7, 11) is 0. The molecule has 1 atom stereocenters. The second-order valence-electron chi connectivity index (χ2n) is 5.33. The molecule has 0 aliphatic heterocycles. The number of hydrogen-bond donors (Lipinski definition) is 1. The highest BCUT2D eigenvalue weighted by atomic mass is 16.1. The van der Waals surface area contributed by atoms with Crippen molar-refractivity contribution < 1.29 is 4.79 Å². The van der Waals surface area contributed by atoms with E-state index in [1.54, 1.807) is 6.20 Å². The van der Waals surface area contributed by atoms with Crippen LogP contribution in [-0.4, -0.2) is 10.9 Å². The maximum absolute atomic E-state index is 11.8. The van der Waals surface area contributed by atoms with Gasteiger partial charge in [0.1, 0.15) is 0 Å². The van der Waals surface area contributed by atoms with Gasteiger partial charge < -0.3 is 5.73 Å². The van der Waals surface area contributed by atoms with Crippen LogP contribution in [0.1, 0.15) is 24.8 Å². The Labute approximate surface area is 129 Å². The van der Waals surface area contributed by atoms with Crippen molar-refractivity contribution in [2.24, 2.45) is 5.73 Å². The molecule has 0 saturated heterocycles. The van der Waals surface area contributed by atoms with Crippen LogP contribution in [-0.2, 0) is 4.79 Å². The molecule has 0 radical (unpaired) electrons. The second kappa shape index (κ2) is 5.98. The third kappa shape index (κ3) is 2.46. The van der Waals surface area contributed by atoms with E-state index in [2.05, 4.69) is 11.1 Å². The van der Waals surface area contributed by atoms with Crippen LogP contribution >= 0.6 is 0 Å². The molecule has 1 amide bonds. The topological polar surface area (TPSA) is 56.0 Å². The standard InChI is InChI=1S/C19H18N2O/c1-2-13(19(20)22)14-7-3-4-8-15(14)16-11-12-21-18-10-6-5-9-17(16)18/h3-13H,2H2,1H3,(H2,20,22). The number of hydrogen-bond acceptors (Lipinski definition) is 2. The third-order valence-electron chi connectivity index (χ3n) is 4.03. The number of amides is 1. The SMILES string of the molecule is CCC(C(N)=O)c1ccccc1-c1ccnc2ccccc12. The van der Waals surface area contributed by atoms with Gasteiger partial charge in [0.2, 0.25) is 5.91 Å². The van der Waals surface area contributed by atoms with E-state index < -0.39 is 0 Å². The van der Waals surface area contributed by atoms with Crippen LogP contribution in [0.4, 0.5) is 0 Å². The van der Waals surface area contributed by atoms with Crippen LogP contribution in [0.5, 0.6) is 0 Å². The van der Waals surface area contributed by atoms with Crippen molar-refractivity contribution in [3.8, 4) is 11.1 Å². The Hall–Kier alpha value is -2.68. The Balaban J connectivity index is 2.26. The normalized spacial score (nSPS) is 12.2. The lowest BCUT2D eigenvalue weighted by molar-refractivity contribution is -0.119. The van der Waals surface area contributed by atoms with E-state index in [9.17, 15) is 4.79 Å². The van der Waals surface area contributed by atoms with Gasteiger partial charge in [0.15, 0.2) is 0 Å². The first-order chi connectivity index (χ1) is 10.7. The highest BCUT2D eigenvalue weighted by Gasteiger charge is 2.20. The van der Waals surface area contributed by atoms with Gasteiger partial charge in [0.25, 0.3) is 0 Å². The molecular weight excluding hydrogens is 272 g/mol. The number of rotatable bonds is 4. The molecule has 1 heterocycles. The van der Waals surface area contributed by atoms with Gasteiger partial charge in [-0.3, -0.25) is 9.78 Å². The smallest absolute Gasteiger partial charge is 0.224 e. The predicted molar refractivity (Wildman–Crippen MR) is 89.4 cm³/mol. The first-order valence-corrected chi connectivity index (χ1v) is 7.44. The summed E-state index contributed by atoms with van der Waals surface area (Å²) in [5, 5.41) is 1.08. The minimum atomic E-state index is -0.284. The van der Waals surface area contributed by atoms with Crippen LogP contribution in [0.2, 0.25) is 0 Å². The number of primary amides is 1. The quantitative estimate of drug-likeness (QED) is 0.792. The number of para-hydroxylation sites is 1. The summed E-state index contributed by atoms with van der Waals surface area (Å²) in [5.74, 6) is -0.559. The molecule has 0 spiro atoms. The van der Waals surface area contributed by atoms with Crippen molar-refractivity contribution in [1.82, 2.24) is 4.98 Å². The summed E-state index contributed by atoms with van der Waals surface area (Å²) in [6.07, 6.45) is 2.50. The summed E-state index contributed by atoms with van der Waals surface area (Å²) < 4.78 is 0. The molecule has 1 unspecified atom stereocenters. The molecule has 0 saturated carbocycles. The highest BCUT2D eigenvalue weighted by Crippen LogP contribution is 2.34. The third-order valence-corrected chi connectivity index (χ3v) is 4.03. The molecule has 110 valence electrons. The zero-order valence-corrected chi connectivity index (χ0v) is 12.5. The average molecular weight is 290 g/mol. The van der Waals surface area contributed by atoms with Gasteiger partial charge >= 0.3 is 0 Å². The molecule has 2 N–H and O–H groups in total. The highest BCUT2D eigenvalue weighted by molar-refractivity contribution is 5.96. The lowest BCUT2D eigenvalue weighted by Crippen LogP contribution is -2.21. The molecule has 3 heteroatoms. The number of carbonyl (C=O) groups excluding carboxylic acids is 1. The number of pyridine rings is 1. The minimum absolute atomic E-state index is 0.275. The zero-order valence-electron chi connectivity index (χ0n) is 12.5. The Morgan fingerprint density at radius 2 is 1.77 bits per heavy atom. The van der Waals surface area contributed by atoms with Gasteiger partial charge in [-0.1, -0.05) is 49.4 Å². The monoisotopic (exact) mass is 290 g/mol. The van der Waals surface area contributed by atoms with Crippen molar-refractivity contribution in [2.45, 2.75) is 19.3 Å². The molecule has 0 fully saturated rings. The second-order valence-corrected chi connectivity index (χ2v) is 5.33. The molecule has 3 aromatic rings. The van der Waals surface area contributed by atoms with E-state index in [0.29, 0.717) is 6.42 Å². The van der Waals surface area contributed by atoms with Gasteiger partial charge in [-0.05, 0) is 35.2 Å². The average Bonchev–Trinajstić information content (AvgIpc) is 2.55. The molecule has 0 aliphatic rings. The predicted octanol–water partition coefficient (Wildman–Crippen LogP) is 3.88. The van der Waals surface area contributed by atoms with Crippen LogP contribution in [0, 0.1) is 0 Å². The van der Waals surface area contributed by atoms with E-state index in [4.69, 9.17) is 5.73 Å². The molecule has 22 heavy (non-hydrogen) atoms. The molecule has 0 bridgehead atoms. The maximum Gasteiger partial charge on any atom is 0.224 e. The first-order valence-electron chi connectivity index (χ1n) is 7.44. The fourth-order valence-electron chi connectivity index (χ4n) is 2.95. The van der Waals surface area contributed by atoms with Crippen molar-refractivity contribution in [3.05, 3.63) is 66.4 Å². The summed E-state index contributed by atoms with van der Waals surface area (Å²) in [6.45, 7) is 1.98. The van der Waals surface area contributed by atoms with Crippen LogP contribution in [0.25, 0.3) is 22.0 Å². The van der Waals surface area contributed by atoms with E-state index in [1.807, 2.05) is 55.5 Å². The van der Waals surface area contributed by atoms with E-state index in [-0.39, 0.29) is 11.8 Å². The fraction of sp³-hybridized carbons (Fsp3) is 0.158. The van der Waals surface area contributed by atoms with E-state index in [0.717, 1.165) is 27.6 Å². The van der Waals surface area contributed by atoms with Gasteiger partial charge in [-0.2, -0.15) is 0 Å². The summed E-state index contributed by atoms with van der Waals surface area (Å²) in [5.41, 5.74) is 9.65.